The molecule has 0 aliphatic carbocycles. The van der Waals surface area contributed by atoms with Crippen molar-refractivity contribution in [1.29, 1.82) is 0 Å². The van der Waals surface area contributed by atoms with Crippen molar-refractivity contribution in [3.05, 3.63) is 30.1 Å². The molecule has 1 unspecified atom stereocenters. The van der Waals surface area contributed by atoms with Gasteiger partial charge in [-0.25, -0.2) is 9.18 Å². The average molecular weight is 253 g/mol. The minimum Gasteiger partial charge on any atom is -0.372 e. The van der Waals surface area contributed by atoms with Crippen LogP contribution in [0.15, 0.2) is 24.3 Å². The third-order valence-electron chi connectivity index (χ3n) is 2.21. The average Bonchev–Trinajstić information content (AvgIpc) is 2.32. The molecular weight excluding hydrogens is 237 g/mol. The number of rotatable bonds is 4. The summed E-state index contributed by atoms with van der Waals surface area (Å²) in [5.74, 6) is -0.973. The molecule has 0 fully saturated rings. The van der Waals surface area contributed by atoms with Crippen LogP contribution in [0.25, 0.3) is 0 Å². The number of para-hydroxylation sites is 1. The fourth-order valence-corrected chi connectivity index (χ4v) is 1.30. The Morgan fingerprint density at radius 2 is 2.00 bits per heavy atom. The lowest BCUT2D eigenvalue weighted by atomic mass is 10.2. The van der Waals surface area contributed by atoms with E-state index in [2.05, 4.69) is 16.0 Å². The Bertz CT molecular complexity index is 437. The van der Waals surface area contributed by atoms with Crippen LogP contribution in [0.5, 0.6) is 0 Å². The van der Waals surface area contributed by atoms with Gasteiger partial charge in [-0.1, -0.05) is 12.1 Å². The summed E-state index contributed by atoms with van der Waals surface area (Å²) in [6.45, 7) is 3.71. The van der Waals surface area contributed by atoms with Gasteiger partial charge in [-0.3, -0.25) is 10.1 Å². The molecule has 0 saturated carbocycles. The molecule has 0 heterocycles. The molecule has 1 aromatic rings. The van der Waals surface area contributed by atoms with Gasteiger partial charge in [0.2, 0.25) is 5.91 Å². The highest BCUT2D eigenvalue weighted by atomic mass is 19.1. The molecule has 98 valence electrons. The molecule has 1 aromatic carbocycles. The highest BCUT2D eigenvalue weighted by Crippen LogP contribution is 2.13. The number of urea groups is 1. The minimum absolute atomic E-state index is 0.219. The van der Waals surface area contributed by atoms with E-state index in [1.165, 1.54) is 12.1 Å². The SMILES string of the molecule is CCNC(=O)NC(=O)C(C)Nc1ccccc1F. The standard InChI is InChI=1S/C12H16FN3O2/c1-3-14-12(18)16-11(17)8(2)15-10-7-5-4-6-9(10)13/h4-8,15H,3H2,1-2H3,(H2,14,16,17,18). The number of anilines is 1. The number of nitrogens with one attached hydrogen (secondary N) is 3. The molecule has 18 heavy (non-hydrogen) atoms. The molecule has 0 saturated heterocycles. The fourth-order valence-electron chi connectivity index (χ4n) is 1.30. The molecule has 3 N–H and O–H groups in total. The van der Waals surface area contributed by atoms with Crippen LogP contribution in [0.3, 0.4) is 0 Å². The van der Waals surface area contributed by atoms with Crippen molar-refractivity contribution >= 4 is 17.6 Å². The monoisotopic (exact) mass is 253 g/mol. The first-order chi connectivity index (χ1) is 8.54. The van der Waals surface area contributed by atoms with Crippen LogP contribution in [-0.2, 0) is 4.79 Å². The first-order valence-electron chi connectivity index (χ1n) is 5.64. The van der Waals surface area contributed by atoms with E-state index in [0.717, 1.165) is 0 Å². The van der Waals surface area contributed by atoms with Crippen LogP contribution >= 0.6 is 0 Å². The molecule has 0 aliphatic rings. The van der Waals surface area contributed by atoms with Gasteiger partial charge in [0.05, 0.1) is 5.69 Å². The van der Waals surface area contributed by atoms with Crippen molar-refractivity contribution in [3.8, 4) is 0 Å². The first-order valence-corrected chi connectivity index (χ1v) is 5.64. The molecule has 5 nitrogen and oxygen atoms in total. The normalized spacial score (nSPS) is 11.5. The lowest BCUT2D eigenvalue weighted by Gasteiger charge is -2.15. The predicted molar refractivity (Wildman–Crippen MR) is 66.7 cm³/mol. The second-order valence-corrected chi connectivity index (χ2v) is 3.69. The first kappa shape index (κ1) is 14.0. The second kappa shape index (κ2) is 6.58. The quantitative estimate of drug-likeness (QED) is 0.761. The lowest BCUT2D eigenvalue weighted by molar-refractivity contribution is -0.120. The van der Waals surface area contributed by atoms with Gasteiger partial charge in [0, 0.05) is 6.54 Å². The van der Waals surface area contributed by atoms with E-state index in [4.69, 9.17) is 0 Å². The van der Waals surface area contributed by atoms with Gasteiger partial charge in [0.1, 0.15) is 11.9 Å². The molecule has 3 amide bonds. The van der Waals surface area contributed by atoms with Crippen LogP contribution in [-0.4, -0.2) is 24.5 Å². The topological polar surface area (TPSA) is 70.2 Å². The van der Waals surface area contributed by atoms with Crippen molar-refractivity contribution < 1.29 is 14.0 Å². The predicted octanol–water partition coefficient (Wildman–Crippen LogP) is 1.47. The Labute approximate surface area is 105 Å². The number of carbonyl (C=O) groups is 2. The Balaban J connectivity index is 2.55. The summed E-state index contributed by atoms with van der Waals surface area (Å²) >= 11 is 0. The van der Waals surface area contributed by atoms with Crippen LogP contribution < -0.4 is 16.0 Å². The molecule has 0 bridgehead atoms. The van der Waals surface area contributed by atoms with Gasteiger partial charge in [0.15, 0.2) is 0 Å². The van der Waals surface area contributed by atoms with E-state index in [1.807, 2.05) is 0 Å². The Morgan fingerprint density at radius 1 is 1.33 bits per heavy atom. The smallest absolute Gasteiger partial charge is 0.321 e. The summed E-state index contributed by atoms with van der Waals surface area (Å²) in [7, 11) is 0. The number of imide groups is 1. The molecule has 0 spiro atoms. The van der Waals surface area contributed by atoms with Crippen molar-refractivity contribution in [2.75, 3.05) is 11.9 Å². The maximum absolute atomic E-state index is 13.3. The summed E-state index contributed by atoms with van der Waals surface area (Å²) in [6, 6.07) is 4.73. The van der Waals surface area contributed by atoms with Crippen LogP contribution in [0, 0.1) is 5.82 Å². The molecule has 1 atom stereocenters. The summed E-state index contributed by atoms with van der Waals surface area (Å²) in [6.07, 6.45) is 0. The molecule has 0 aliphatic heterocycles. The van der Waals surface area contributed by atoms with Gasteiger partial charge >= 0.3 is 6.03 Å². The number of halogens is 1. The van der Waals surface area contributed by atoms with Crippen LogP contribution in [0.1, 0.15) is 13.8 Å². The second-order valence-electron chi connectivity index (χ2n) is 3.69. The van der Waals surface area contributed by atoms with Crippen molar-refractivity contribution in [3.63, 3.8) is 0 Å². The third-order valence-corrected chi connectivity index (χ3v) is 2.21. The highest BCUT2D eigenvalue weighted by Gasteiger charge is 2.16. The van der Waals surface area contributed by atoms with Gasteiger partial charge in [-0.05, 0) is 26.0 Å². The number of benzene rings is 1. The van der Waals surface area contributed by atoms with E-state index < -0.39 is 23.8 Å². The summed E-state index contributed by atoms with van der Waals surface area (Å²) in [4.78, 5) is 22.7. The van der Waals surface area contributed by atoms with E-state index in [0.29, 0.717) is 6.54 Å². The summed E-state index contributed by atoms with van der Waals surface area (Å²) in [5.41, 5.74) is 0.219. The fraction of sp³-hybridized carbons (Fsp3) is 0.333. The number of amides is 3. The zero-order valence-electron chi connectivity index (χ0n) is 10.3. The van der Waals surface area contributed by atoms with Gasteiger partial charge < -0.3 is 10.6 Å². The maximum Gasteiger partial charge on any atom is 0.321 e. The zero-order valence-corrected chi connectivity index (χ0v) is 10.3. The lowest BCUT2D eigenvalue weighted by Crippen LogP contribution is -2.45. The van der Waals surface area contributed by atoms with E-state index in [-0.39, 0.29) is 5.69 Å². The minimum atomic E-state index is -0.718. The van der Waals surface area contributed by atoms with Crippen LogP contribution in [0.4, 0.5) is 14.9 Å². The molecule has 1 rings (SSSR count). The van der Waals surface area contributed by atoms with Crippen molar-refractivity contribution in [2.45, 2.75) is 19.9 Å². The number of hydrogen-bond acceptors (Lipinski definition) is 3. The zero-order chi connectivity index (χ0) is 13.5. The third kappa shape index (κ3) is 4.04. The molecular formula is C12H16FN3O2. The molecule has 0 radical (unpaired) electrons. The Kier molecular flexibility index (Phi) is 5.10. The van der Waals surface area contributed by atoms with Crippen LogP contribution in [0.2, 0.25) is 0 Å². The molecule has 6 heteroatoms. The van der Waals surface area contributed by atoms with E-state index in [1.54, 1.807) is 26.0 Å². The molecule has 0 aromatic heterocycles. The Hall–Kier alpha value is -2.11. The van der Waals surface area contributed by atoms with Crippen molar-refractivity contribution in [2.24, 2.45) is 0 Å². The van der Waals surface area contributed by atoms with Gasteiger partial charge in [0.25, 0.3) is 0 Å². The number of hydrogen-bond donors (Lipinski definition) is 3. The largest absolute Gasteiger partial charge is 0.372 e. The highest BCUT2D eigenvalue weighted by molar-refractivity contribution is 5.97. The van der Waals surface area contributed by atoms with Crippen molar-refractivity contribution in [1.82, 2.24) is 10.6 Å². The van der Waals surface area contributed by atoms with Gasteiger partial charge in [-0.2, -0.15) is 0 Å². The number of carbonyl (C=O) groups excluding carboxylic acids is 2. The van der Waals surface area contributed by atoms with Gasteiger partial charge in [-0.15, -0.1) is 0 Å². The van der Waals surface area contributed by atoms with E-state index >= 15 is 0 Å². The van der Waals surface area contributed by atoms with E-state index in [9.17, 15) is 14.0 Å². The maximum atomic E-state index is 13.3. The summed E-state index contributed by atoms with van der Waals surface area (Å²) in [5, 5.41) is 7.27. The summed E-state index contributed by atoms with van der Waals surface area (Å²) < 4.78 is 13.3. The Morgan fingerprint density at radius 3 is 2.61 bits per heavy atom.